The summed E-state index contributed by atoms with van der Waals surface area (Å²) >= 11 is 1.44. The van der Waals surface area contributed by atoms with E-state index in [9.17, 15) is 12.8 Å². The Labute approximate surface area is 172 Å². The third kappa shape index (κ3) is 4.43. The van der Waals surface area contributed by atoms with Crippen LogP contribution in [-0.4, -0.2) is 39.7 Å². The van der Waals surface area contributed by atoms with E-state index in [2.05, 4.69) is 21.8 Å². The van der Waals surface area contributed by atoms with Crippen molar-refractivity contribution in [2.45, 2.75) is 29.8 Å². The van der Waals surface area contributed by atoms with Crippen molar-refractivity contribution in [3.8, 4) is 11.5 Å². The molecule has 1 atom stereocenters. The van der Waals surface area contributed by atoms with Crippen molar-refractivity contribution in [2.24, 2.45) is 0 Å². The second-order valence-electron chi connectivity index (χ2n) is 6.78. The average Bonchev–Trinajstić information content (AvgIpc) is 3.40. The van der Waals surface area contributed by atoms with Crippen molar-refractivity contribution in [3.63, 3.8) is 0 Å². The molecule has 2 aromatic heterocycles. The van der Waals surface area contributed by atoms with Crippen molar-refractivity contribution in [2.75, 3.05) is 11.5 Å². The first-order valence-corrected chi connectivity index (χ1v) is 11.8. The van der Waals surface area contributed by atoms with Gasteiger partial charge in [-0.15, -0.1) is 16.8 Å². The van der Waals surface area contributed by atoms with E-state index in [0.717, 1.165) is 0 Å². The van der Waals surface area contributed by atoms with Crippen LogP contribution in [0.25, 0.3) is 11.5 Å². The Morgan fingerprint density at radius 1 is 1.31 bits per heavy atom. The summed E-state index contributed by atoms with van der Waals surface area (Å²) in [7, 11) is -3.01. The summed E-state index contributed by atoms with van der Waals surface area (Å²) in [6.45, 7) is 4.28. The molecule has 29 heavy (non-hydrogen) atoms. The van der Waals surface area contributed by atoms with Gasteiger partial charge < -0.3 is 8.98 Å². The molecule has 1 fully saturated rings. The third-order valence-corrected chi connectivity index (χ3v) is 7.42. The predicted molar refractivity (Wildman–Crippen MR) is 108 cm³/mol. The predicted octanol–water partition coefficient (Wildman–Crippen LogP) is 3.45. The van der Waals surface area contributed by atoms with Crippen LogP contribution in [0.15, 0.2) is 52.8 Å². The van der Waals surface area contributed by atoms with E-state index in [0.29, 0.717) is 46.8 Å². The van der Waals surface area contributed by atoms with Gasteiger partial charge in [0.05, 0.1) is 17.2 Å². The van der Waals surface area contributed by atoms with Crippen LogP contribution < -0.4 is 0 Å². The van der Waals surface area contributed by atoms with Gasteiger partial charge in [0.1, 0.15) is 17.9 Å². The molecule has 1 unspecified atom stereocenters. The zero-order chi connectivity index (χ0) is 20.4. The zero-order valence-electron chi connectivity index (χ0n) is 15.5. The molecule has 7 nitrogen and oxygen atoms in total. The highest BCUT2D eigenvalue weighted by molar-refractivity contribution is 7.98. The molecule has 1 saturated heterocycles. The molecule has 0 radical (unpaired) electrons. The summed E-state index contributed by atoms with van der Waals surface area (Å²) in [4.78, 5) is 4.44. The Balaban J connectivity index is 1.49. The third-order valence-electron chi connectivity index (χ3n) is 4.65. The summed E-state index contributed by atoms with van der Waals surface area (Å²) in [5, 5.41) is 9.18. The highest BCUT2D eigenvalue weighted by Gasteiger charge is 2.33. The summed E-state index contributed by atoms with van der Waals surface area (Å²) in [5.41, 5.74) is 1.41. The van der Waals surface area contributed by atoms with Crippen LogP contribution in [0.5, 0.6) is 0 Å². The van der Waals surface area contributed by atoms with Gasteiger partial charge in [-0.1, -0.05) is 17.8 Å². The van der Waals surface area contributed by atoms with Crippen molar-refractivity contribution in [1.82, 2.24) is 19.7 Å². The standard InChI is InChI=1S/C19H19FN4O3S2/c1-2-8-24-17(14-7-9-29(25,26)12-14)22-23-19(24)28-11-16-10-27-18(21-16)13-3-5-15(20)6-4-13/h2-6,10,14H,1,7-9,11-12H2. The van der Waals surface area contributed by atoms with Crippen LogP contribution in [-0.2, 0) is 22.1 Å². The lowest BCUT2D eigenvalue weighted by Crippen LogP contribution is -2.11. The number of thioether (sulfide) groups is 1. The highest BCUT2D eigenvalue weighted by atomic mass is 32.2. The Morgan fingerprint density at radius 3 is 2.79 bits per heavy atom. The van der Waals surface area contributed by atoms with Crippen LogP contribution in [0.4, 0.5) is 4.39 Å². The summed E-state index contributed by atoms with van der Waals surface area (Å²) < 4.78 is 44.1. The number of hydrogen-bond acceptors (Lipinski definition) is 7. The summed E-state index contributed by atoms with van der Waals surface area (Å²) in [6.07, 6.45) is 3.86. The number of aromatic nitrogens is 4. The van der Waals surface area contributed by atoms with E-state index < -0.39 is 9.84 Å². The molecular weight excluding hydrogens is 415 g/mol. The summed E-state index contributed by atoms with van der Waals surface area (Å²) in [6, 6.07) is 5.94. The second kappa shape index (κ2) is 8.11. The molecule has 0 saturated carbocycles. The molecule has 152 valence electrons. The molecule has 10 heteroatoms. The number of oxazole rings is 1. The largest absolute Gasteiger partial charge is 0.444 e. The molecule has 3 aromatic rings. The van der Waals surface area contributed by atoms with Crippen LogP contribution in [0.1, 0.15) is 23.9 Å². The van der Waals surface area contributed by atoms with E-state index in [-0.39, 0.29) is 23.2 Å². The first-order valence-electron chi connectivity index (χ1n) is 9.03. The molecule has 1 aliphatic heterocycles. The normalized spacial score (nSPS) is 18.2. The van der Waals surface area contributed by atoms with Gasteiger partial charge in [-0.25, -0.2) is 17.8 Å². The first-order chi connectivity index (χ1) is 13.9. The van der Waals surface area contributed by atoms with Crippen LogP contribution in [0, 0.1) is 5.82 Å². The molecule has 0 amide bonds. The molecule has 4 rings (SSSR count). The van der Waals surface area contributed by atoms with Crippen molar-refractivity contribution in [3.05, 3.63) is 60.5 Å². The zero-order valence-corrected chi connectivity index (χ0v) is 17.1. The molecule has 0 aliphatic carbocycles. The minimum Gasteiger partial charge on any atom is -0.444 e. The van der Waals surface area contributed by atoms with Gasteiger partial charge in [-0.05, 0) is 30.7 Å². The van der Waals surface area contributed by atoms with E-state index in [4.69, 9.17) is 4.42 Å². The maximum Gasteiger partial charge on any atom is 0.226 e. The van der Waals surface area contributed by atoms with Gasteiger partial charge >= 0.3 is 0 Å². The first kappa shape index (κ1) is 19.8. The maximum atomic E-state index is 13.1. The molecule has 1 aromatic carbocycles. The Kier molecular flexibility index (Phi) is 5.55. The van der Waals surface area contributed by atoms with Gasteiger partial charge in [0.2, 0.25) is 5.89 Å². The fourth-order valence-electron chi connectivity index (χ4n) is 3.24. The number of nitrogens with zero attached hydrogens (tertiary/aromatic N) is 4. The van der Waals surface area contributed by atoms with E-state index in [1.165, 1.54) is 23.9 Å². The van der Waals surface area contributed by atoms with Gasteiger partial charge in [-0.3, -0.25) is 0 Å². The maximum absolute atomic E-state index is 13.1. The lowest BCUT2D eigenvalue weighted by molar-refractivity contribution is 0.572. The fourth-order valence-corrected chi connectivity index (χ4v) is 5.82. The number of halogens is 1. The minimum absolute atomic E-state index is 0.108. The monoisotopic (exact) mass is 434 g/mol. The molecule has 0 bridgehead atoms. The Hall–Kier alpha value is -2.46. The van der Waals surface area contributed by atoms with Crippen molar-refractivity contribution in [1.29, 1.82) is 0 Å². The van der Waals surface area contributed by atoms with E-state index >= 15 is 0 Å². The van der Waals surface area contributed by atoms with Gasteiger partial charge in [0, 0.05) is 23.8 Å². The molecule has 0 N–H and O–H groups in total. The van der Waals surface area contributed by atoms with Crippen LogP contribution in [0.2, 0.25) is 0 Å². The lowest BCUT2D eigenvalue weighted by atomic mass is 10.1. The van der Waals surface area contributed by atoms with Crippen molar-refractivity contribution >= 4 is 21.6 Å². The number of benzene rings is 1. The van der Waals surface area contributed by atoms with Crippen molar-refractivity contribution < 1.29 is 17.2 Å². The average molecular weight is 435 g/mol. The van der Waals surface area contributed by atoms with Crippen LogP contribution in [0.3, 0.4) is 0 Å². The Bertz CT molecular complexity index is 1120. The number of allylic oxidation sites excluding steroid dienone is 1. The topological polar surface area (TPSA) is 90.9 Å². The van der Waals surface area contributed by atoms with Crippen LogP contribution >= 0.6 is 11.8 Å². The van der Waals surface area contributed by atoms with Gasteiger partial charge in [0.25, 0.3) is 0 Å². The number of rotatable bonds is 7. The second-order valence-corrected chi connectivity index (χ2v) is 9.95. The Morgan fingerprint density at radius 2 is 2.10 bits per heavy atom. The lowest BCUT2D eigenvalue weighted by Gasteiger charge is -2.10. The minimum atomic E-state index is -3.01. The van der Waals surface area contributed by atoms with Gasteiger partial charge in [0.15, 0.2) is 15.0 Å². The van der Waals surface area contributed by atoms with E-state index in [1.807, 2.05) is 4.57 Å². The van der Waals surface area contributed by atoms with Gasteiger partial charge in [-0.2, -0.15) is 0 Å². The van der Waals surface area contributed by atoms with E-state index in [1.54, 1.807) is 24.5 Å². The highest BCUT2D eigenvalue weighted by Crippen LogP contribution is 2.31. The number of hydrogen-bond donors (Lipinski definition) is 0. The fraction of sp³-hybridized carbons (Fsp3) is 0.316. The SMILES string of the molecule is C=CCn1c(SCc2coc(-c3ccc(F)cc3)n2)nnc1C1CCS(=O)(=O)C1. The molecular formula is C19H19FN4O3S2. The number of sulfone groups is 1. The molecule has 1 aliphatic rings. The molecule has 0 spiro atoms. The molecule has 3 heterocycles. The quantitative estimate of drug-likeness (QED) is 0.415. The summed E-state index contributed by atoms with van der Waals surface area (Å²) in [5.74, 6) is 1.44. The smallest absolute Gasteiger partial charge is 0.226 e.